The molecular formula is C20H16N4O4S. The molecule has 0 fully saturated rings. The standard InChI is InChI=1S/C20H16N4O4S/c1-27-18-8-5-15(9-19(18)28-2)22-11-14(10-21)20-23-17(12-29-20)13-3-6-16(7-4-13)24(25)26/h3-9,11-12,22H,1-2H3. The Morgan fingerprint density at radius 3 is 2.55 bits per heavy atom. The fraction of sp³-hybridized carbons (Fsp3) is 0.100. The van der Waals surface area contributed by atoms with Gasteiger partial charge in [0.2, 0.25) is 0 Å². The van der Waals surface area contributed by atoms with E-state index in [0.717, 1.165) is 11.3 Å². The second-order valence-electron chi connectivity index (χ2n) is 5.73. The predicted octanol–water partition coefficient (Wildman–Crippen LogP) is 4.71. The Kier molecular flexibility index (Phi) is 6.06. The molecule has 0 unspecified atom stereocenters. The van der Waals surface area contributed by atoms with E-state index in [9.17, 15) is 15.4 Å². The highest BCUT2D eigenvalue weighted by molar-refractivity contribution is 7.11. The SMILES string of the molecule is COc1ccc(NC=C(C#N)c2nc(-c3ccc([N+](=O)[O-])cc3)cs2)cc1OC. The van der Waals surface area contributed by atoms with Crippen LogP contribution in [0.25, 0.3) is 16.8 Å². The van der Waals surface area contributed by atoms with Crippen LogP contribution in [0.5, 0.6) is 11.5 Å². The van der Waals surface area contributed by atoms with E-state index in [2.05, 4.69) is 16.4 Å². The zero-order valence-electron chi connectivity index (χ0n) is 15.6. The Morgan fingerprint density at radius 1 is 1.21 bits per heavy atom. The minimum Gasteiger partial charge on any atom is -0.493 e. The Morgan fingerprint density at radius 2 is 1.93 bits per heavy atom. The number of hydrogen-bond donors (Lipinski definition) is 1. The maximum atomic E-state index is 10.8. The molecule has 8 nitrogen and oxygen atoms in total. The smallest absolute Gasteiger partial charge is 0.269 e. The van der Waals surface area contributed by atoms with Crippen molar-refractivity contribution < 1.29 is 14.4 Å². The van der Waals surface area contributed by atoms with Gasteiger partial charge in [0, 0.05) is 41.0 Å². The summed E-state index contributed by atoms with van der Waals surface area (Å²) in [4.78, 5) is 14.8. The minimum atomic E-state index is -0.452. The van der Waals surface area contributed by atoms with Crippen LogP contribution in [-0.2, 0) is 0 Å². The van der Waals surface area contributed by atoms with Gasteiger partial charge in [-0.05, 0) is 24.3 Å². The molecule has 146 valence electrons. The molecule has 0 saturated carbocycles. The number of methoxy groups -OCH3 is 2. The van der Waals surface area contributed by atoms with Crippen LogP contribution < -0.4 is 14.8 Å². The summed E-state index contributed by atoms with van der Waals surface area (Å²) >= 11 is 1.32. The van der Waals surface area contributed by atoms with Crippen molar-refractivity contribution in [3.63, 3.8) is 0 Å². The normalized spacial score (nSPS) is 10.9. The first kappa shape index (κ1) is 19.9. The van der Waals surface area contributed by atoms with Gasteiger partial charge in [-0.2, -0.15) is 5.26 Å². The summed E-state index contributed by atoms with van der Waals surface area (Å²) in [5.74, 6) is 1.18. The number of allylic oxidation sites excluding steroid dienone is 1. The van der Waals surface area contributed by atoms with Gasteiger partial charge in [0.15, 0.2) is 11.5 Å². The zero-order valence-corrected chi connectivity index (χ0v) is 16.4. The third kappa shape index (κ3) is 4.51. The van der Waals surface area contributed by atoms with Gasteiger partial charge in [0.25, 0.3) is 5.69 Å². The average Bonchev–Trinajstić information content (AvgIpc) is 3.24. The number of benzene rings is 2. The van der Waals surface area contributed by atoms with Crippen LogP contribution in [0, 0.1) is 21.4 Å². The first-order valence-corrected chi connectivity index (χ1v) is 9.23. The van der Waals surface area contributed by atoms with Crippen molar-refractivity contribution in [3.05, 3.63) is 69.2 Å². The molecule has 1 N–H and O–H groups in total. The lowest BCUT2D eigenvalue weighted by atomic mass is 10.1. The van der Waals surface area contributed by atoms with E-state index in [1.165, 1.54) is 23.5 Å². The van der Waals surface area contributed by atoms with Crippen molar-refractivity contribution in [2.24, 2.45) is 0 Å². The monoisotopic (exact) mass is 408 g/mol. The molecule has 1 aromatic heterocycles. The maximum Gasteiger partial charge on any atom is 0.269 e. The highest BCUT2D eigenvalue weighted by Gasteiger charge is 2.11. The molecule has 3 aromatic rings. The maximum absolute atomic E-state index is 10.8. The third-order valence-corrected chi connectivity index (χ3v) is 4.87. The summed E-state index contributed by atoms with van der Waals surface area (Å²) < 4.78 is 10.5. The highest BCUT2D eigenvalue weighted by atomic mass is 32.1. The number of nitro benzene ring substituents is 1. The Balaban J connectivity index is 1.80. The average molecular weight is 408 g/mol. The lowest BCUT2D eigenvalue weighted by Crippen LogP contribution is -1.94. The second kappa shape index (κ2) is 8.86. The van der Waals surface area contributed by atoms with Crippen molar-refractivity contribution in [1.29, 1.82) is 5.26 Å². The number of nitrogens with zero attached hydrogens (tertiary/aromatic N) is 3. The molecule has 0 aliphatic rings. The number of rotatable bonds is 7. The van der Waals surface area contributed by atoms with Crippen molar-refractivity contribution in [2.45, 2.75) is 0 Å². The first-order chi connectivity index (χ1) is 14.0. The number of non-ortho nitro benzene ring substituents is 1. The number of aromatic nitrogens is 1. The summed E-state index contributed by atoms with van der Waals surface area (Å²) in [6.45, 7) is 0. The van der Waals surface area contributed by atoms with E-state index < -0.39 is 4.92 Å². The summed E-state index contributed by atoms with van der Waals surface area (Å²) in [7, 11) is 3.11. The lowest BCUT2D eigenvalue weighted by Gasteiger charge is -2.09. The van der Waals surface area contributed by atoms with Crippen LogP contribution in [0.3, 0.4) is 0 Å². The van der Waals surface area contributed by atoms with Crippen LogP contribution in [0.4, 0.5) is 11.4 Å². The van der Waals surface area contributed by atoms with Gasteiger partial charge >= 0.3 is 0 Å². The summed E-state index contributed by atoms with van der Waals surface area (Å²) in [6.07, 6.45) is 1.57. The van der Waals surface area contributed by atoms with E-state index >= 15 is 0 Å². The quantitative estimate of drug-likeness (QED) is 0.342. The Hall–Kier alpha value is -3.90. The van der Waals surface area contributed by atoms with Crippen molar-refractivity contribution in [1.82, 2.24) is 4.98 Å². The lowest BCUT2D eigenvalue weighted by molar-refractivity contribution is -0.384. The van der Waals surface area contributed by atoms with Crippen LogP contribution in [0.2, 0.25) is 0 Å². The van der Waals surface area contributed by atoms with Gasteiger partial charge in [-0.1, -0.05) is 0 Å². The van der Waals surface area contributed by atoms with Crippen molar-refractivity contribution in [2.75, 3.05) is 19.5 Å². The molecule has 0 bridgehead atoms. The van der Waals surface area contributed by atoms with E-state index in [4.69, 9.17) is 9.47 Å². The molecule has 2 aromatic carbocycles. The number of hydrogen-bond acceptors (Lipinski definition) is 8. The number of nitro groups is 1. The van der Waals surface area contributed by atoms with Crippen LogP contribution in [0.1, 0.15) is 5.01 Å². The predicted molar refractivity (Wildman–Crippen MR) is 111 cm³/mol. The van der Waals surface area contributed by atoms with E-state index in [-0.39, 0.29) is 5.69 Å². The molecule has 0 aliphatic carbocycles. The molecular weight excluding hydrogens is 392 g/mol. The van der Waals surface area contributed by atoms with E-state index in [1.807, 2.05) is 0 Å². The number of nitriles is 1. The molecule has 0 aliphatic heterocycles. The van der Waals surface area contributed by atoms with Gasteiger partial charge in [-0.15, -0.1) is 11.3 Å². The van der Waals surface area contributed by atoms with Crippen LogP contribution in [0.15, 0.2) is 54.0 Å². The van der Waals surface area contributed by atoms with Gasteiger partial charge < -0.3 is 14.8 Å². The third-order valence-electron chi connectivity index (χ3n) is 4.00. The van der Waals surface area contributed by atoms with Crippen molar-refractivity contribution in [3.8, 4) is 28.8 Å². The zero-order chi connectivity index (χ0) is 20.8. The molecule has 0 radical (unpaired) electrons. The Labute approximate surface area is 170 Å². The van der Waals surface area contributed by atoms with Gasteiger partial charge in [-0.3, -0.25) is 10.1 Å². The molecule has 0 saturated heterocycles. The van der Waals surface area contributed by atoms with Crippen LogP contribution in [-0.4, -0.2) is 24.1 Å². The fourth-order valence-corrected chi connectivity index (χ4v) is 3.30. The number of nitrogens with one attached hydrogen (secondary N) is 1. The largest absolute Gasteiger partial charge is 0.493 e. The molecule has 0 atom stereocenters. The van der Waals surface area contributed by atoms with Crippen LogP contribution >= 0.6 is 11.3 Å². The summed E-state index contributed by atoms with van der Waals surface area (Å²) in [5.41, 5.74) is 2.48. The molecule has 1 heterocycles. The van der Waals surface area contributed by atoms with Crippen molar-refractivity contribution >= 4 is 28.3 Å². The Bertz CT molecular complexity index is 1100. The van der Waals surface area contributed by atoms with E-state index in [0.29, 0.717) is 27.8 Å². The molecule has 9 heteroatoms. The molecule has 3 rings (SSSR count). The topological polar surface area (TPSA) is 110 Å². The fourth-order valence-electron chi connectivity index (χ4n) is 2.51. The van der Waals surface area contributed by atoms with Gasteiger partial charge in [-0.25, -0.2) is 4.98 Å². The van der Waals surface area contributed by atoms with Gasteiger partial charge in [0.05, 0.1) is 24.8 Å². The number of ether oxygens (including phenoxy) is 2. The minimum absolute atomic E-state index is 0.0148. The molecule has 0 amide bonds. The summed E-state index contributed by atoms with van der Waals surface area (Å²) in [6, 6.07) is 13.6. The first-order valence-electron chi connectivity index (χ1n) is 8.35. The number of anilines is 1. The molecule has 0 spiro atoms. The molecule has 29 heavy (non-hydrogen) atoms. The summed E-state index contributed by atoms with van der Waals surface area (Å²) in [5, 5.41) is 25.7. The van der Waals surface area contributed by atoms with E-state index in [1.54, 1.807) is 56.1 Å². The number of thiazole rings is 1. The second-order valence-corrected chi connectivity index (χ2v) is 6.58. The van der Waals surface area contributed by atoms with Gasteiger partial charge in [0.1, 0.15) is 16.6 Å². The highest BCUT2D eigenvalue weighted by Crippen LogP contribution is 2.31.